The molecule has 1 aromatic carbocycles. The molecule has 0 saturated carbocycles. The van der Waals surface area contributed by atoms with Crippen LogP contribution in [-0.4, -0.2) is 33.3 Å². The largest absolute Gasteiger partial charge is 0.411 e. The Labute approximate surface area is 161 Å². The van der Waals surface area contributed by atoms with Crippen LogP contribution in [0.4, 0.5) is 0 Å². The van der Waals surface area contributed by atoms with Gasteiger partial charge in [0.25, 0.3) is 5.22 Å². The Bertz CT molecular complexity index is 891. The monoisotopic (exact) mass is 435 g/mol. The van der Waals surface area contributed by atoms with E-state index in [4.69, 9.17) is 4.42 Å². The maximum atomic E-state index is 12.4. The van der Waals surface area contributed by atoms with E-state index >= 15 is 0 Å². The lowest BCUT2D eigenvalue weighted by molar-refractivity contribution is -0.129. The molecular formula is C17H14BrN3O2S2. The number of hydrogen-bond acceptors (Lipinski definition) is 6. The number of hydrogen-bond donors (Lipinski definition) is 0. The highest BCUT2D eigenvalue weighted by Gasteiger charge is 2.22. The number of benzene rings is 1. The topological polar surface area (TPSA) is 59.2 Å². The molecule has 0 saturated heterocycles. The van der Waals surface area contributed by atoms with E-state index in [1.54, 1.807) is 11.3 Å². The van der Waals surface area contributed by atoms with E-state index in [-0.39, 0.29) is 5.91 Å². The predicted molar refractivity (Wildman–Crippen MR) is 102 cm³/mol. The fourth-order valence-corrected chi connectivity index (χ4v) is 4.47. The Kier molecular flexibility index (Phi) is 4.91. The third-order valence-corrected chi connectivity index (χ3v) is 6.33. The highest BCUT2D eigenvalue weighted by Crippen LogP contribution is 2.27. The summed E-state index contributed by atoms with van der Waals surface area (Å²) < 4.78 is 6.64. The molecule has 0 unspecified atom stereocenters. The summed E-state index contributed by atoms with van der Waals surface area (Å²) in [5.74, 6) is 0.870. The van der Waals surface area contributed by atoms with Crippen molar-refractivity contribution in [1.29, 1.82) is 0 Å². The van der Waals surface area contributed by atoms with Gasteiger partial charge in [0, 0.05) is 28.0 Å². The first-order valence-corrected chi connectivity index (χ1v) is 10.4. The predicted octanol–water partition coefficient (Wildman–Crippen LogP) is 4.24. The van der Waals surface area contributed by atoms with Gasteiger partial charge in [0.1, 0.15) is 0 Å². The van der Waals surface area contributed by atoms with Crippen LogP contribution >= 0.6 is 39.0 Å². The summed E-state index contributed by atoms with van der Waals surface area (Å²) in [7, 11) is 0. The van der Waals surface area contributed by atoms with Crippen LogP contribution < -0.4 is 0 Å². The van der Waals surface area contributed by atoms with Crippen molar-refractivity contribution in [2.45, 2.75) is 18.2 Å². The molecule has 4 rings (SSSR count). The molecule has 2 aromatic heterocycles. The second-order valence-electron chi connectivity index (χ2n) is 5.60. The zero-order valence-electron chi connectivity index (χ0n) is 13.1. The summed E-state index contributed by atoms with van der Waals surface area (Å²) in [4.78, 5) is 15.7. The van der Waals surface area contributed by atoms with Gasteiger partial charge in [0.15, 0.2) is 0 Å². The first-order valence-electron chi connectivity index (χ1n) is 7.74. The van der Waals surface area contributed by atoms with Crippen LogP contribution in [0.1, 0.15) is 10.4 Å². The van der Waals surface area contributed by atoms with Gasteiger partial charge in [-0.15, -0.1) is 21.5 Å². The van der Waals surface area contributed by atoms with Crippen molar-refractivity contribution in [3.63, 3.8) is 0 Å². The quantitative estimate of drug-likeness (QED) is 0.573. The normalized spacial score (nSPS) is 13.7. The van der Waals surface area contributed by atoms with Crippen molar-refractivity contribution in [2.24, 2.45) is 0 Å². The van der Waals surface area contributed by atoms with Gasteiger partial charge in [-0.2, -0.15) is 0 Å². The number of amides is 1. The van der Waals surface area contributed by atoms with Crippen LogP contribution in [0.15, 0.2) is 49.8 Å². The number of thiophene rings is 1. The van der Waals surface area contributed by atoms with Crippen molar-refractivity contribution in [3.8, 4) is 11.5 Å². The molecule has 1 aliphatic rings. The van der Waals surface area contributed by atoms with E-state index in [0.29, 0.717) is 23.4 Å². The van der Waals surface area contributed by atoms with Gasteiger partial charge in [-0.1, -0.05) is 27.7 Å². The van der Waals surface area contributed by atoms with E-state index in [1.165, 1.54) is 22.2 Å². The Morgan fingerprint density at radius 2 is 2.12 bits per heavy atom. The molecule has 0 N–H and O–H groups in total. The van der Waals surface area contributed by atoms with Crippen LogP contribution in [0.2, 0.25) is 0 Å². The first kappa shape index (κ1) is 16.8. The van der Waals surface area contributed by atoms with Crippen molar-refractivity contribution >= 4 is 44.9 Å². The molecule has 3 aromatic rings. The third kappa shape index (κ3) is 3.80. The van der Waals surface area contributed by atoms with E-state index in [2.05, 4.69) is 37.6 Å². The molecule has 0 atom stereocenters. The number of halogens is 1. The van der Waals surface area contributed by atoms with E-state index in [9.17, 15) is 4.79 Å². The van der Waals surface area contributed by atoms with Gasteiger partial charge < -0.3 is 9.32 Å². The molecule has 0 spiro atoms. The first-order chi connectivity index (χ1) is 12.2. The summed E-state index contributed by atoms with van der Waals surface area (Å²) in [6.45, 7) is 1.48. The molecule has 0 radical (unpaired) electrons. The lowest BCUT2D eigenvalue weighted by atomic mass is 10.1. The molecule has 0 aliphatic carbocycles. The molecule has 5 nitrogen and oxygen atoms in total. The zero-order valence-corrected chi connectivity index (χ0v) is 16.4. The van der Waals surface area contributed by atoms with Gasteiger partial charge in [-0.25, -0.2) is 0 Å². The Morgan fingerprint density at radius 3 is 2.96 bits per heavy atom. The zero-order chi connectivity index (χ0) is 17.2. The Balaban J connectivity index is 1.36. The van der Waals surface area contributed by atoms with Crippen LogP contribution in [0.5, 0.6) is 0 Å². The number of thioether (sulfide) groups is 1. The van der Waals surface area contributed by atoms with Crippen molar-refractivity contribution in [1.82, 2.24) is 15.1 Å². The molecule has 8 heteroatoms. The minimum absolute atomic E-state index is 0.102. The number of carbonyl (C=O) groups is 1. The fraction of sp³-hybridized carbons (Fsp3) is 0.235. The highest BCUT2D eigenvalue weighted by atomic mass is 79.9. The molecule has 3 heterocycles. The molecular weight excluding hydrogens is 422 g/mol. The second kappa shape index (κ2) is 7.31. The van der Waals surface area contributed by atoms with Crippen LogP contribution in [0, 0.1) is 0 Å². The summed E-state index contributed by atoms with van der Waals surface area (Å²) in [5.41, 5.74) is 2.12. The minimum atomic E-state index is 0.102. The maximum Gasteiger partial charge on any atom is 0.277 e. The van der Waals surface area contributed by atoms with Crippen LogP contribution in [-0.2, 0) is 17.8 Å². The van der Waals surface area contributed by atoms with Gasteiger partial charge in [0.05, 0.1) is 5.75 Å². The summed E-state index contributed by atoms with van der Waals surface area (Å²) in [6.07, 6.45) is 0.942. The summed E-state index contributed by atoms with van der Waals surface area (Å²) >= 11 is 6.45. The number of rotatable bonds is 4. The standard InChI is InChI=1S/C17H14BrN3O2S2/c18-13-3-1-11(2-4-13)16-19-20-17(23-16)25-10-15(22)21-7-5-14-12(9-21)6-8-24-14/h1-4,6,8H,5,7,9-10H2. The lowest BCUT2D eigenvalue weighted by Crippen LogP contribution is -2.36. The van der Waals surface area contributed by atoms with Gasteiger partial charge in [-0.3, -0.25) is 4.79 Å². The Hall–Kier alpha value is -1.64. The number of aromatic nitrogens is 2. The Morgan fingerprint density at radius 1 is 1.28 bits per heavy atom. The van der Waals surface area contributed by atoms with E-state index < -0.39 is 0 Å². The minimum Gasteiger partial charge on any atom is -0.411 e. The smallest absolute Gasteiger partial charge is 0.277 e. The molecule has 1 amide bonds. The van der Waals surface area contributed by atoms with Crippen LogP contribution in [0.3, 0.4) is 0 Å². The molecule has 0 bridgehead atoms. The summed E-state index contributed by atoms with van der Waals surface area (Å²) in [5, 5.41) is 10.6. The van der Waals surface area contributed by atoms with E-state index in [0.717, 1.165) is 23.0 Å². The van der Waals surface area contributed by atoms with Crippen molar-refractivity contribution in [2.75, 3.05) is 12.3 Å². The van der Waals surface area contributed by atoms with Gasteiger partial charge >= 0.3 is 0 Å². The van der Waals surface area contributed by atoms with Gasteiger partial charge in [-0.05, 0) is 47.7 Å². The van der Waals surface area contributed by atoms with Crippen LogP contribution in [0.25, 0.3) is 11.5 Å². The number of fused-ring (bicyclic) bond motifs is 1. The summed E-state index contributed by atoms with van der Waals surface area (Å²) in [6, 6.07) is 9.76. The highest BCUT2D eigenvalue weighted by molar-refractivity contribution is 9.10. The van der Waals surface area contributed by atoms with Gasteiger partial charge in [0.2, 0.25) is 11.8 Å². The molecule has 25 heavy (non-hydrogen) atoms. The average Bonchev–Trinajstić information content (AvgIpc) is 3.29. The SMILES string of the molecule is O=C(CSc1nnc(-c2ccc(Br)cc2)o1)N1CCc2sccc2C1. The van der Waals surface area contributed by atoms with Crippen molar-refractivity contribution < 1.29 is 9.21 Å². The third-order valence-electron chi connectivity index (χ3n) is 3.98. The molecule has 128 valence electrons. The van der Waals surface area contributed by atoms with Crippen molar-refractivity contribution in [3.05, 3.63) is 50.6 Å². The number of nitrogens with zero attached hydrogens (tertiary/aromatic N) is 3. The molecule has 1 aliphatic heterocycles. The second-order valence-corrected chi connectivity index (χ2v) is 8.45. The maximum absolute atomic E-state index is 12.4. The molecule has 0 fully saturated rings. The van der Waals surface area contributed by atoms with E-state index in [1.807, 2.05) is 29.2 Å². The number of carbonyl (C=O) groups excluding carboxylic acids is 1. The average molecular weight is 436 g/mol. The fourth-order valence-electron chi connectivity index (χ4n) is 2.65. The lowest BCUT2D eigenvalue weighted by Gasteiger charge is -2.26.